The number of benzene rings is 2. The number of β-amino-alcohol motifs (C(OH)–C–C–N with tert-alkyl or cyclic N) is 1. The van der Waals surface area contributed by atoms with E-state index in [0.717, 1.165) is 58.6 Å². The maximum absolute atomic E-state index is 10.4. The minimum absolute atomic E-state index is 0.634. The molecule has 6 rings (SSSR count). The number of nitrogens with zero attached hydrogens (tertiary/aromatic N) is 5. The second-order valence-electron chi connectivity index (χ2n) is 9.00. The highest BCUT2D eigenvalue weighted by Gasteiger charge is 2.28. The lowest BCUT2D eigenvalue weighted by Gasteiger charge is -2.38. The number of H-pyrrole nitrogens is 1. The Hall–Kier alpha value is -3.91. The first-order valence-corrected chi connectivity index (χ1v) is 11.2. The summed E-state index contributed by atoms with van der Waals surface area (Å²) in [5.74, 6) is 0.691. The number of nitrogens with one attached hydrogen (secondary N) is 2. The molecule has 1 aliphatic rings. The van der Waals surface area contributed by atoms with Crippen molar-refractivity contribution in [2.75, 3.05) is 23.3 Å². The minimum atomic E-state index is -0.634. The maximum atomic E-state index is 10.4. The molecule has 8 heteroatoms. The third-order valence-corrected chi connectivity index (χ3v) is 6.28. The summed E-state index contributed by atoms with van der Waals surface area (Å²) >= 11 is 0. The van der Waals surface area contributed by atoms with Crippen LogP contribution >= 0.6 is 0 Å². The standard InChI is InChI=1S/C25H25N7O/c1-25(33)9-2-11-32(16-25)20-7-5-19(6-8-20)28-23-24-26-10-12-31(24)15-22(29-23)17-3-4-18-14-27-30-21(18)13-17/h3-8,10,12-15,33H,2,9,11,16H2,1H3,(H,27,30)(H,28,29). The number of fused-ring (bicyclic) bond motifs is 2. The number of imidazole rings is 1. The topological polar surface area (TPSA) is 94.4 Å². The molecule has 1 saturated heterocycles. The number of aromatic amines is 1. The molecule has 0 radical (unpaired) electrons. The van der Waals surface area contributed by atoms with Crippen molar-refractivity contribution in [2.24, 2.45) is 0 Å². The van der Waals surface area contributed by atoms with Crippen molar-refractivity contribution >= 4 is 33.7 Å². The molecule has 1 fully saturated rings. The molecule has 0 bridgehead atoms. The molecular weight excluding hydrogens is 414 g/mol. The molecule has 3 aromatic heterocycles. The Morgan fingerprint density at radius 1 is 1.15 bits per heavy atom. The van der Waals surface area contributed by atoms with Crippen LogP contribution in [0.1, 0.15) is 19.8 Å². The zero-order valence-corrected chi connectivity index (χ0v) is 18.4. The van der Waals surface area contributed by atoms with E-state index in [1.54, 1.807) is 6.20 Å². The van der Waals surface area contributed by atoms with Crippen molar-refractivity contribution in [1.29, 1.82) is 0 Å². The molecule has 2 aromatic carbocycles. The zero-order valence-electron chi connectivity index (χ0n) is 18.4. The summed E-state index contributed by atoms with van der Waals surface area (Å²) < 4.78 is 1.98. The Bertz CT molecular complexity index is 1430. The van der Waals surface area contributed by atoms with Gasteiger partial charge in [0.05, 0.1) is 23.0 Å². The summed E-state index contributed by atoms with van der Waals surface area (Å²) in [6.45, 7) is 3.52. The van der Waals surface area contributed by atoms with E-state index in [-0.39, 0.29) is 0 Å². The van der Waals surface area contributed by atoms with Crippen molar-refractivity contribution in [3.63, 3.8) is 0 Å². The van der Waals surface area contributed by atoms with E-state index in [9.17, 15) is 5.11 Å². The molecule has 1 unspecified atom stereocenters. The third kappa shape index (κ3) is 3.78. The van der Waals surface area contributed by atoms with Crippen LogP contribution in [0.25, 0.3) is 27.8 Å². The number of aromatic nitrogens is 5. The Balaban J connectivity index is 1.31. The number of hydrogen-bond acceptors (Lipinski definition) is 6. The first kappa shape index (κ1) is 19.8. The monoisotopic (exact) mass is 439 g/mol. The summed E-state index contributed by atoms with van der Waals surface area (Å²) in [7, 11) is 0. The molecule has 4 heterocycles. The second kappa shape index (κ2) is 7.60. The van der Waals surface area contributed by atoms with Gasteiger partial charge in [-0.15, -0.1) is 0 Å². The van der Waals surface area contributed by atoms with Gasteiger partial charge in [0, 0.05) is 54.0 Å². The van der Waals surface area contributed by atoms with Gasteiger partial charge in [0.15, 0.2) is 11.5 Å². The molecule has 0 aliphatic carbocycles. The summed E-state index contributed by atoms with van der Waals surface area (Å²) in [6.07, 6.45) is 9.33. The van der Waals surface area contributed by atoms with Crippen LogP contribution in [-0.4, -0.2) is 48.4 Å². The van der Waals surface area contributed by atoms with Crippen molar-refractivity contribution < 1.29 is 5.11 Å². The van der Waals surface area contributed by atoms with Crippen molar-refractivity contribution in [1.82, 2.24) is 24.6 Å². The normalized spacial score (nSPS) is 18.8. The second-order valence-corrected chi connectivity index (χ2v) is 9.00. The number of aliphatic hydroxyl groups is 1. The van der Waals surface area contributed by atoms with Crippen LogP contribution in [0.5, 0.6) is 0 Å². The van der Waals surface area contributed by atoms with Gasteiger partial charge in [-0.05, 0) is 50.1 Å². The molecule has 0 amide bonds. The van der Waals surface area contributed by atoms with Crippen LogP contribution in [0.3, 0.4) is 0 Å². The fourth-order valence-corrected chi connectivity index (χ4v) is 4.58. The lowest BCUT2D eigenvalue weighted by molar-refractivity contribution is 0.0449. The Kier molecular flexibility index (Phi) is 4.55. The summed E-state index contributed by atoms with van der Waals surface area (Å²) in [4.78, 5) is 11.6. The quantitative estimate of drug-likeness (QED) is 0.385. The first-order valence-electron chi connectivity index (χ1n) is 11.2. The van der Waals surface area contributed by atoms with Gasteiger partial charge in [0.2, 0.25) is 0 Å². The molecule has 1 aliphatic heterocycles. The van der Waals surface area contributed by atoms with Crippen LogP contribution in [0.4, 0.5) is 17.2 Å². The molecular formula is C25H25N7O. The minimum Gasteiger partial charge on any atom is -0.388 e. The highest BCUT2D eigenvalue weighted by molar-refractivity contribution is 5.84. The van der Waals surface area contributed by atoms with Gasteiger partial charge >= 0.3 is 0 Å². The van der Waals surface area contributed by atoms with Gasteiger partial charge in [0.1, 0.15) is 0 Å². The highest BCUT2D eigenvalue weighted by Crippen LogP contribution is 2.29. The van der Waals surface area contributed by atoms with Crippen LogP contribution in [0.2, 0.25) is 0 Å². The highest BCUT2D eigenvalue weighted by atomic mass is 16.3. The third-order valence-electron chi connectivity index (χ3n) is 6.28. The van der Waals surface area contributed by atoms with Gasteiger partial charge < -0.3 is 19.7 Å². The van der Waals surface area contributed by atoms with E-state index in [1.807, 2.05) is 48.1 Å². The van der Waals surface area contributed by atoms with Crippen LogP contribution < -0.4 is 10.2 Å². The van der Waals surface area contributed by atoms with Crippen LogP contribution in [0.15, 0.2) is 67.3 Å². The van der Waals surface area contributed by atoms with Gasteiger partial charge in [-0.1, -0.05) is 12.1 Å². The summed E-state index contributed by atoms with van der Waals surface area (Å²) in [5, 5.41) is 22.1. The predicted octanol–water partition coefficient (Wildman–Crippen LogP) is 4.37. The number of anilines is 3. The fraction of sp³-hybridized carbons (Fsp3) is 0.240. The lowest BCUT2D eigenvalue weighted by Crippen LogP contribution is -2.46. The van der Waals surface area contributed by atoms with E-state index in [2.05, 4.69) is 49.7 Å². The van der Waals surface area contributed by atoms with E-state index >= 15 is 0 Å². The molecule has 33 heavy (non-hydrogen) atoms. The maximum Gasteiger partial charge on any atom is 0.180 e. The number of hydrogen-bond donors (Lipinski definition) is 3. The van der Waals surface area contributed by atoms with Crippen molar-refractivity contribution in [3.05, 3.63) is 67.3 Å². The summed E-state index contributed by atoms with van der Waals surface area (Å²) in [5.41, 5.74) is 4.98. The first-order chi connectivity index (χ1) is 16.0. The van der Waals surface area contributed by atoms with Crippen molar-refractivity contribution in [3.8, 4) is 11.3 Å². The van der Waals surface area contributed by atoms with Crippen LogP contribution in [0, 0.1) is 0 Å². The number of rotatable bonds is 4. The molecule has 0 spiro atoms. The van der Waals surface area contributed by atoms with E-state index in [1.165, 1.54) is 0 Å². The van der Waals surface area contributed by atoms with Gasteiger partial charge in [-0.25, -0.2) is 9.97 Å². The molecule has 8 nitrogen and oxygen atoms in total. The fourth-order valence-electron chi connectivity index (χ4n) is 4.58. The average molecular weight is 440 g/mol. The van der Waals surface area contributed by atoms with E-state index in [4.69, 9.17) is 4.98 Å². The SMILES string of the molecule is CC1(O)CCCN(c2ccc(Nc3nc(-c4ccc5cn[nH]c5c4)cn4ccnc34)cc2)C1. The van der Waals surface area contributed by atoms with Gasteiger partial charge in [0.25, 0.3) is 0 Å². The summed E-state index contributed by atoms with van der Waals surface area (Å²) in [6, 6.07) is 14.4. The zero-order chi connectivity index (χ0) is 22.4. The Morgan fingerprint density at radius 3 is 2.88 bits per heavy atom. The lowest BCUT2D eigenvalue weighted by atomic mass is 9.95. The number of piperidine rings is 1. The van der Waals surface area contributed by atoms with Crippen LogP contribution in [-0.2, 0) is 0 Å². The molecule has 5 aromatic rings. The average Bonchev–Trinajstić information content (AvgIpc) is 3.48. The van der Waals surface area contributed by atoms with E-state index < -0.39 is 5.60 Å². The molecule has 0 saturated carbocycles. The molecule has 3 N–H and O–H groups in total. The van der Waals surface area contributed by atoms with Crippen molar-refractivity contribution in [2.45, 2.75) is 25.4 Å². The Labute approximate surface area is 190 Å². The molecule has 1 atom stereocenters. The van der Waals surface area contributed by atoms with Gasteiger partial charge in [-0.3, -0.25) is 5.10 Å². The predicted molar refractivity (Wildman–Crippen MR) is 130 cm³/mol. The largest absolute Gasteiger partial charge is 0.388 e. The molecule has 166 valence electrons. The van der Waals surface area contributed by atoms with E-state index in [0.29, 0.717) is 12.4 Å². The smallest absolute Gasteiger partial charge is 0.180 e. The Morgan fingerprint density at radius 2 is 2.03 bits per heavy atom. The van der Waals surface area contributed by atoms with Gasteiger partial charge in [-0.2, -0.15) is 5.10 Å².